The van der Waals surface area contributed by atoms with Crippen LogP contribution in [0.3, 0.4) is 0 Å². The van der Waals surface area contributed by atoms with Crippen molar-refractivity contribution in [3.63, 3.8) is 0 Å². The molecule has 1 aromatic carbocycles. The molecule has 6 nitrogen and oxygen atoms in total. The zero-order valence-corrected chi connectivity index (χ0v) is 17.0. The SMILES string of the molecule is CN1C[C@H](C(=O)Nc2ccc(F)cc2)C[C@H]1C1CCN(C(=O)C(C)(C)N)CC1. The van der Waals surface area contributed by atoms with Crippen LogP contribution in [0.4, 0.5) is 10.1 Å². The lowest BCUT2D eigenvalue weighted by Gasteiger charge is -2.39. The normalized spacial score (nSPS) is 24.4. The standard InChI is InChI=1S/C21H31FN4O2/c1-21(2,23)20(28)26-10-8-14(9-11-26)18-12-15(13-25(18)3)19(27)24-17-6-4-16(22)5-7-17/h4-7,14-15,18H,8-13,23H2,1-3H3,(H,24,27)/t15-,18+/m1/s1. The van der Waals surface area contributed by atoms with E-state index in [4.69, 9.17) is 5.73 Å². The molecule has 2 fully saturated rings. The third-order valence-corrected chi connectivity index (χ3v) is 6.01. The zero-order valence-electron chi connectivity index (χ0n) is 17.0. The van der Waals surface area contributed by atoms with Gasteiger partial charge in [0.1, 0.15) is 5.82 Å². The number of likely N-dealkylation sites (tertiary alicyclic amines) is 2. The first-order valence-electron chi connectivity index (χ1n) is 10.00. The Morgan fingerprint density at radius 1 is 1.18 bits per heavy atom. The van der Waals surface area contributed by atoms with Gasteiger partial charge in [-0.3, -0.25) is 9.59 Å². The Balaban J connectivity index is 1.53. The Kier molecular flexibility index (Phi) is 6.05. The molecule has 154 valence electrons. The highest BCUT2D eigenvalue weighted by Crippen LogP contribution is 2.33. The molecule has 1 aromatic rings. The van der Waals surface area contributed by atoms with E-state index < -0.39 is 5.54 Å². The smallest absolute Gasteiger partial charge is 0.242 e. The van der Waals surface area contributed by atoms with Crippen LogP contribution in [0.1, 0.15) is 33.1 Å². The lowest BCUT2D eigenvalue weighted by Crippen LogP contribution is -2.54. The number of amides is 2. The lowest BCUT2D eigenvalue weighted by atomic mass is 9.86. The monoisotopic (exact) mass is 390 g/mol. The molecular formula is C21H31FN4O2. The summed E-state index contributed by atoms with van der Waals surface area (Å²) in [7, 11) is 2.07. The van der Waals surface area contributed by atoms with Crippen molar-refractivity contribution in [2.24, 2.45) is 17.6 Å². The molecule has 2 heterocycles. The molecule has 0 bridgehead atoms. The number of carbonyl (C=O) groups is 2. The summed E-state index contributed by atoms with van der Waals surface area (Å²) in [5.41, 5.74) is 5.73. The van der Waals surface area contributed by atoms with E-state index in [2.05, 4.69) is 17.3 Å². The van der Waals surface area contributed by atoms with E-state index in [1.54, 1.807) is 26.0 Å². The molecule has 3 rings (SSSR count). The predicted octanol–water partition coefficient (Wildman–Crippen LogP) is 2.06. The van der Waals surface area contributed by atoms with Gasteiger partial charge in [-0.25, -0.2) is 4.39 Å². The van der Waals surface area contributed by atoms with Crippen LogP contribution in [0.2, 0.25) is 0 Å². The minimum absolute atomic E-state index is 0.00211. The van der Waals surface area contributed by atoms with Gasteiger partial charge in [-0.2, -0.15) is 0 Å². The number of carbonyl (C=O) groups excluding carboxylic acids is 2. The fourth-order valence-corrected chi connectivity index (χ4v) is 4.44. The summed E-state index contributed by atoms with van der Waals surface area (Å²) in [5, 5.41) is 2.89. The number of nitrogens with one attached hydrogen (secondary N) is 1. The summed E-state index contributed by atoms with van der Waals surface area (Å²) in [6.07, 6.45) is 2.68. The Morgan fingerprint density at radius 3 is 2.36 bits per heavy atom. The fraction of sp³-hybridized carbons (Fsp3) is 0.619. The third kappa shape index (κ3) is 4.70. The maximum Gasteiger partial charge on any atom is 0.242 e. The summed E-state index contributed by atoms with van der Waals surface area (Å²) < 4.78 is 13.0. The van der Waals surface area contributed by atoms with Crippen LogP contribution in [-0.4, -0.2) is 59.9 Å². The molecule has 2 saturated heterocycles. The number of hydrogen-bond acceptors (Lipinski definition) is 4. The van der Waals surface area contributed by atoms with E-state index in [1.807, 2.05) is 4.90 Å². The first-order valence-corrected chi connectivity index (χ1v) is 10.00. The van der Waals surface area contributed by atoms with Crippen molar-refractivity contribution in [2.75, 3.05) is 32.0 Å². The Labute approximate surface area is 166 Å². The van der Waals surface area contributed by atoms with E-state index >= 15 is 0 Å². The second-order valence-corrected chi connectivity index (χ2v) is 8.79. The molecule has 2 atom stereocenters. The highest BCUT2D eigenvalue weighted by Gasteiger charge is 2.40. The molecular weight excluding hydrogens is 359 g/mol. The average molecular weight is 391 g/mol. The van der Waals surface area contributed by atoms with Gasteiger partial charge in [0.15, 0.2) is 0 Å². The van der Waals surface area contributed by atoms with Crippen LogP contribution in [0, 0.1) is 17.7 Å². The number of rotatable bonds is 4. The number of anilines is 1. The quantitative estimate of drug-likeness (QED) is 0.825. The Bertz CT molecular complexity index is 708. The molecule has 2 amide bonds. The van der Waals surface area contributed by atoms with Crippen molar-refractivity contribution in [3.8, 4) is 0 Å². The molecule has 0 aromatic heterocycles. The molecule has 0 aliphatic carbocycles. The van der Waals surface area contributed by atoms with Crippen LogP contribution >= 0.6 is 0 Å². The second-order valence-electron chi connectivity index (χ2n) is 8.79. The van der Waals surface area contributed by atoms with Crippen LogP contribution in [0.15, 0.2) is 24.3 Å². The Morgan fingerprint density at radius 2 is 1.79 bits per heavy atom. The highest BCUT2D eigenvalue weighted by atomic mass is 19.1. The van der Waals surface area contributed by atoms with Gasteiger partial charge in [0.2, 0.25) is 11.8 Å². The molecule has 0 unspecified atom stereocenters. The van der Waals surface area contributed by atoms with Gasteiger partial charge >= 0.3 is 0 Å². The van der Waals surface area contributed by atoms with E-state index in [0.29, 0.717) is 24.2 Å². The van der Waals surface area contributed by atoms with Crippen LogP contribution in [0.5, 0.6) is 0 Å². The van der Waals surface area contributed by atoms with Crippen molar-refractivity contribution in [3.05, 3.63) is 30.1 Å². The van der Waals surface area contributed by atoms with Crippen molar-refractivity contribution < 1.29 is 14.0 Å². The van der Waals surface area contributed by atoms with E-state index in [9.17, 15) is 14.0 Å². The number of halogens is 1. The van der Waals surface area contributed by atoms with Gasteiger partial charge < -0.3 is 20.9 Å². The van der Waals surface area contributed by atoms with Gasteiger partial charge in [0.05, 0.1) is 11.5 Å². The third-order valence-electron chi connectivity index (χ3n) is 6.01. The maximum absolute atomic E-state index is 13.0. The molecule has 7 heteroatoms. The van der Waals surface area contributed by atoms with Gasteiger partial charge in [-0.1, -0.05) is 0 Å². The molecule has 0 radical (unpaired) electrons. The number of benzene rings is 1. The van der Waals surface area contributed by atoms with Crippen molar-refractivity contribution in [1.82, 2.24) is 9.80 Å². The van der Waals surface area contributed by atoms with Crippen molar-refractivity contribution >= 4 is 17.5 Å². The number of hydrogen-bond donors (Lipinski definition) is 2. The topological polar surface area (TPSA) is 78.7 Å². The maximum atomic E-state index is 13.0. The Hall–Kier alpha value is -1.99. The predicted molar refractivity (Wildman–Crippen MR) is 107 cm³/mol. The highest BCUT2D eigenvalue weighted by molar-refractivity contribution is 5.92. The second kappa shape index (κ2) is 8.17. The fourth-order valence-electron chi connectivity index (χ4n) is 4.44. The molecule has 2 aliphatic heterocycles. The summed E-state index contributed by atoms with van der Waals surface area (Å²) in [4.78, 5) is 29.1. The van der Waals surface area contributed by atoms with Gasteiger partial charge in [0.25, 0.3) is 0 Å². The summed E-state index contributed by atoms with van der Waals surface area (Å²) >= 11 is 0. The molecule has 28 heavy (non-hydrogen) atoms. The summed E-state index contributed by atoms with van der Waals surface area (Å²) in [5.74, 6) is 0.0588. The molecule has 3 N–H and O–H groups in total. The van der Waals surface area contributed by atoms with E-state index in [1.165, 1.54) is 12.1 Å². The van der Waals surface area contributed by atoms with Crippen LogP contribution < -0.4 is 11.1 Å². The molecule has 0 spiro atoms. The van der Waals surface area contributed by atoms with E-state index in [-0.39, 0.29) is 23.5 Å². The first-order chi connectivity index (χ1) is 13.1. The molecule has 2 aliphatic rings. The minimum Gasteiger partial charge on any atom is -0.341 e. The van der Waals surface area contributed by atoms with Crippen molar-refractivity contribution in [1.29, 1.82) is 0 Å². The average Bonchev–Trinajstić information content (AvgIpc) is 3.04. The summed E-state index contributed by atoms with van der Waals surface area (Å²) in [6.45, 7) is 5.65. The van der Waals surface area contributed by atoms with E-state index in [0.717, 1.165) is 32.4 Å². The summed E-state index contributed by atoms with van der Waals surface area (Å²) in [6, 6.07) is 6.19. The number of nitrogens with two attached hydrogens (primary N) is 1. The van der Waals surface area contributed by atoms with Crippen molar-refractivity contribution in [2.45, 2.75) is 44.7 Å². The van der Waals surface area contributed by atoms with Gasteiger partial charge in [0, 0.05) is 31.4 Å². The first kappa shape index (κ1) is 20.7. The van der Waals surface area contributed by atoms with Crippen LogP contribution in [-0.2, 0) is 9.59 Å². The van der Waals surface area contributed by atoms with Crippen LogP contribution in [0.25, 0.3) is 0 Å². The number of nitrogens with zero attached hydrogens (tertiary/aromatic N) is 2. The number of piperidine rings is 1. The molecule has 0 saturated carbocycles. The zero-order chi connectivity index (χ0) is 20.5. The lowest BCUT2D eigenvalue weighted by molar-refractivity contribution is -0.137. The van der Waals surface area contributed by atoms with Gasteiger partial charge in [-0.05, 0) is 70.3 Å². The largest absolute Gasteiger partial charge is 0.341 e. The minimum atomic E-state index is -0.833. The van der Waals surface area contributed by atoms with Gasteiger partial charge in [-0.15, -0.1) is 0 Å².